The second-order valence-electron chi connectivity index (χ2n) is 4.90. The van der Waals surface area contributed by atoms with Crippen LogP contribution in [0.2, 0.25) is 0 Å². The van der Waals surface area contributed by atoms with Gasteiger partial charge in [-0.2, -0.15) is 0 Å². The lowest BCUT2D eigenvalue weighted by atomic mass is 10.2. The van der Waals surface area contributed by atoms with E-state index in [0.717, 1.165) is 16.8 Å². The summed E-state index contributed by atoms with van der Waals surface area (Å²) in [7, 11) is 0. The molecule has 1 aromatic carbocycles. The number of halogens is 1. The Morgan fingerprint density at radius 3 is 2.59 bits per heavy atom. The van der Waals surface area contributed by atoms with Crippen molar-refractivity contribution in [1.82, 2.24) is 9.55 Å². The summed E-state index contributed by atoms with van der Waals surface area (Å²) in [6, 6.07) is 5.92. The minimum Gasteiger partial charge on any atom is -0.268 e. The zero-order valence-corrected chi connectivity index (χ0v) is 14.1. The Balaban J connectivity index is 2.38. The van der Waals surface area contributed by atoms with Gasteiger partial charge in [0.05, 0.1) is 11.1 Å². The second-order valence-corrected chi connectivity index (χ2v) is 6.76. The van der Waals surface area contributed by atoms with Crippen LogP contribution >= 0.6 is 23.1 Å². The average molecular weight is 334 g/mol. The van der Waals surface area contributed by atoms with Crippen molar-refractivity contribution in [3.63, 3.8) is 0 Å². The summed E-state index contributed by atoms with van der Waals surface area (Å²) < 4.78 is 14.7. The molecule has 22 heavy (non-hydrogen) atoms. The van der Waals surface area contributed by atoms with E-state index in [1.165, 1.54) is 28.8 Å². The molecular formula is C16H15FN2OS2. The first-order valence-corrected chi connectivity index (χ1v) is 8.96. The van der Waals surface area contributed by atoms with Gasteiger partial charge in [-0.15, -0.1) is 11.3 Å². The number of aryl methyl sites for hydroxylation is 2. The average Bonchev–Trinajstić information content (AvgIpc) is 2.84. The Morgan fingerprint density at radius 1 is 1.32 bits per heavy atom. The van der Waals surface area contributed by atoms with Crippen molar-refractivity contribution in [2.75, 3.05) is 6.26 Å². The standard InChI is InChI=1S/C16H15FN2OS2/c1-4-12-9(2)13-14(22-12)18-16(21-3)19(15(13)20)11-7-5-10(17)6-8-11/h5-8H,4H2,1-3H3. The summed E-state index contributed by atoms with van der Waals surface area (Å²) in [4.78, 5) is 19.6. The number of thioether (sulfide) groups is 1. The summed E-state index contributed by atoms with van der Waals surface area (Å²) >= 11 is 2.99. The van der Waals surface area contributed by atoms with E-state index in [0.29, 0.717) is 16.2 Å². The van der Waals surface area contributed by atoms with Crippen LogP contribution in [-0.4, -0.2) is 15.8 Å². The Morgan fingerprint density at radius 2 is 2.00 bits per heavy atom. The van der Waals surface area contributed by atoms with Crippen molar-refractivity contribution < 1.29 is 4.39 Å². The lowest BCUT2D eigenvalue weighted by molar-refractivity contribution is 0.627. The molecule has 0 unspecified atom stereocenters. The van der Waals surface area contributed by atoms with Crippen LogP contribution in [0.1, 0.15) is 17.4 Å². The number of aromatic nitrogens is 2. The monoisotopic (exact) mass is 334 g/mol. The maximum absolute atomic E-state index is 13.1. The van der Waals surface area contributed by atoms with Crippen LogP contribution in [0.5, 0.6) is 0 Å². The van der Waals surface area contributed by atoms with Gasteiger partial charge in [-0.3, -0.25) is 9.36 Å². The first-order chi connectivity index (χ1) is 10.6. The van der Waals surface area contributed by atoms with Crippen molar-refractivity contribution >= 4 is 33.3 Å². The molecule has 6 heteroatoms. The summed E-state index contributed by atoms with van der Waals surface area (Å²) in [6.07, 6.45) is 2.77. The third-order valence-electron chi connectivity index (χ3n) is 3.62. The fraction of sp³-hybridized carbons (Fsp3) is 0.250. The van der Waals surface area contributed by atoms with Gasteiger partial charge in [-0.05, 0) is 49.4 Å². The molecule has 0 radical (unpaired) electrons. The van der Waals surface area contributed by atoms with Crippen molar-refractivity contribution in [2.45, 2.75) is 25.4 Å². The molecule has 0 saturated carbocycles. The third-order valence-corrected chi connectivity index (χ3v) is 5.59. The van der Waals surface area contributed by atoms with Gasteiger partial charge < -0.3 is 0 Å². The second kappa shape index (κ2) is 5.85. The van der Waals surface area contributed by atoms with Gasteiger partial charge in [0.1, 0.15) is 10.6 Å². The fourth-order valence-corrected chi connectivity index (χ4v) is 4.22. The van der Waals surface area contributed by atoms with Gasteiger partial charge in [0, 0.05) is 4.88 Å². The minimum absolute atomic E-state index is 0.0885. The van der Waals surface area contributed by atoms with Gasteiger partial charge in [0.25, 0.3) is 5.56 Å². The number of nitrogens with zero attached hydrogens (tertiary/aromatic N) is 2. The first kappa shape index (κ1) is 15.2. The lowest BCUT2D eigenvalue weighted by Gasteiger charge is -2.10. The Labute approximate surface area is 135 Å². The molecule has 0 atom stereocenters. The molecule has 3 aromatic rings. The van der Waals surface area contributed by atoms with Gasteiger partial charge in [-0.1, -0.05) is 18.7 Å². The highest BCUT2D eigenvalue weighted by atomic mass is 32.2. The van der Waals surface area contributed by atoms with Crippen LogP contribution in [0.15, 0.2) is 34.2 Å². The van der Waals surface area contributed by atoms with E-state index in [9.17, 15) is 9.18 Å². The van der Waals surface area contributed by atoms with Crippen molar-refractivity contribution in [1.29, 1.82) is 0 Å². The molecule has 0 aliphatic rings. The molecule has 0 N–H and O–H groups in total. The topological polar surface area (TPSA) is 34.9 Å². The van der Waals surface area contributed by atoms with Gasteiger partial charge >= 0.3 is 0 Å². The van der Waals surface area contributed by atoms with Crippen molar-refractivity contribution in [3.05, 3.63) is 50.9 Å². The Kier molecular flexibility index (Phi) is 4.06. The van der Waals surface area contributed by atoms with Crippen LogP contribution in [0.25, 0.3) is 15.9 Å². The van der Waals surface area contributed by atoms with Crippen LogP contribution in [0, 0.1) is 12.7 Å². The first-order valence-electron chi connectivity index (χ1n) is 6.91. The third kappa shape index (κ3) is 2.36. The number of thiophene rings is 1. The summed E-state index contributed by atoms with van der Waals surface area (Å²) in [5, 5.41) is 1.29. The maximum Gasteiger partial charge on any atom is 0.267 e. The zero-order chi connectivity index (χ0) is 15.9. The molecule has 114 valence electrons. The maximum atomic E-state index is 13.1. The normalized spacial score (nSPS) is 11.3. The highest BCUT2D eigenvalue weighted by Gasteiger charge is 2.17. The molecule has 3 nitrogen and oxygen atoms in total. The van der Waals surface area contributed by atoms with E-state index >= 15 is 0 Å². The van der Waals surface area contributed by atoms with E-state index in [1.54, 1.807) is 28.0 Å². The highest BCUT2D eigenvalue weighted by molar-refractivity contribution is 7.98. The van der Waals surface area contributed by atoms with E-state index < -0.39 is 0 Å². The Bertz CT molecular complexity index is 897. The number of fused-ring (bicyclic) bond motifs is 1. The van der Waals surface area contributed by atoms with Gasteiger partial charge in [-0.25, -0.2) is 9.37 Å². The molecule has 3 rings (SSSR count). The molecule has 0 fully saturated rings. The quantitative estimate of drug-likeness (QED) is 0.532. The smallest absolute Gasteiger partial charge is 0.267 e. The molecule has 0 saturated heterocycles. The SMILES string of the molecule is CCc1sc2nc(SC)n(-c3ccc(F)cc3)c(=O)c2c1C. The van der Waals surface area contributed by atoms with Crippen molar-refractivity contribution in [3.8, 4) is 5.69 Å². The van der Waals surface area contributed by atoms with Gasteiger partial charge in [0.2, 0.25) is 0 Å². The fourth-order valence-electron chi connectivity index (χ4n) is 2.50. The van der Waals surface area contributed by atoms with Crippen LogP contribution in [0.3, 0.4) is 0 Å². The molecule has 2 aromatic heterocycles. The molecular weight excluding hydrogens is 319 g/mol. The molecule has 0 bridgehead atoms. The number of benzene rings is 1. The lowest BCUT2D eigenvalue weighted by Crippen LogP contribution is -2.21. The summed E-state index contributed by atoms with van der Waals surface area (Å²) in [5.41, 5.74) is 1.55. The van der Waals surface area contributed by atoms with Crippen molar-refractivity contribution in [2.24, 2.45) is 0 Å². The predicted octanol–water partition coefficient (Wildman–Crippen LogP) is 4.18. The number of hydrogen-bond donors (Lipinski definition) is 0. The van der Waals surface area contributed by atoms with Crippen LogP contribution < -0.4 is 5.56 Å². The molecule has 0 aliphatic heterocycles. The minimum atomic E-state index is -0.323. The highest BCUT2D eigenvalue weighted by Crippen LogP contribution is 2.29. The molecule has 0 spiro atoms. The van der Waals surface area contributed by atoms with E-state index in [4.69, 9.17) is 0 Å². The summed E-state index contributed by atoms with van der Waals surface area (Å²) in [6.45, 7) is 4.04. The molecule has 0 aliphatic carbocycles. The predicted molar refractivity (Wildman–Crippen MR) is 91.1 cm³/mol. The van der Waals surface area contributed by atoms with E-state index in [-0.39, 0.29) is 11.4 Å². The molecule has 2 heterocycles. The molecule has 0 amide bonds. The van der Waals surface area contributed by atoms with Crippen LogP contribution in [-0.2, 0) is 6.42 Å². The van der Waals surface area contributed by atoms with E-state index in [2.05, 4.69) is 11.9 Å². The Hall–Kier alpha value is -1.66. The summed E-state index contributed by atoms with van der Waals surface area (Å²) in [5.74, 6) is -0.323. The van der Waals surface area contributed by atoms with E-state index in [1.807, 2.05) is 13.2 Å². The zero-order valence-electron chi connectivity index (χ0n) is 12.5. The number of rotatable bonds is 3. The van der Waals surface area contributed by atoms with Gasteiger partial charge in [0.15, 0.2) is 5.16 Å². The van der Waals surface area contributed by atoms with Crippen LogP contribution in [0.4, 0.5) is 4.39 Å². The largest absolute Gasteiger partial charge is 0.268 e. The number of hydrogen-bond acceptors (Lipinski definition) is 4.